The molecule has 2 aromatic carbocycles. The first-order valence-corrected chi connectivity index (χ1v) is 10.1. The standard InChI is InChI=1S/C23H25FN4O2.ClH/c24-19-7-9-20(10-8-19)28-23(25)21(16-26-28)22(29)18-5-3-17(4-6-18)2-1-11-27-12-14-30-15-13-27;/h3-10,16H,1-2,11-15,25H2;1H/p-1. The topological polar surface area (TPSA) is 73.4 Å². The molecule has 1 aliphatic rings. The number of carbonyl (C=O) groups excluding carboxylic acids is 1. The van der Waals surface area contributed by atoms with Crippen LogP contribution in [-0.2, 0) is 11.2 Å². The molecule has 1 fully saturated rings. The molecular weight excluding hydrogens is 419 g/mol. The first kappa shape index (κ1) is 22.9. The molecule has 6 nitrogen and oxygen atoms in total. The van der Waals surface area contributed by atoms with E-state index in [1.165, 1.54) is 28.6 Å². The lowest BCUT2D eigenvalue weighted by Crippen LogP contribution is -3.00. The van der Waals surface area contributed by atoms with E-state index < -0.39 is 0 Å². The highest BCUT2D eigenvalue weighted by Crippen LogP contribution is 2.21. The maximum atomic E-state index is 13.1. The first-order chi connectivity index (χ1) is 14.6. The van der Waals surface area contributed by atoms with Gasteiger partial charge in [0.2, 0.25) is 0 Å². The summed E-state index contributed by atoms with van der Waals surface area (Å²) >= 11 is 0. The van der Waals surface area contributed by atoms with E-state index in [1.54, 1.807) is 12.1 Å². The molecular formula is C23H25ClFN4O2-. The lowest BCUT2D eigenvalue weighted by molar-refractivity contribution is -0.0000156. The van der Waals surface area contributed by atoms with Crippen molar-refractivity contribution in [3.05, 3.63) is 77.2 Å². The Labute approximate surface area is 187 Å². The number of hydrogen-bond acceptors (Lipinski definition) is 5. The Morgan fingerprint density at radius 2 is 1.74 bits per heavy atom. The Morgan fingerprint density at radius 3 is 2.42 bits per heavy atom. The maximum absolute atomic E-state index is 13.1. The molecule has 1 aliphatic heterocycles. The number of aromatic nitrogens is 2. The van der Waals surface area contributed by atoms with Gasteiger partial charge in [-0.2, -0.15) is 5.10 Å². The second kappa shape index (κ2) is 10.5. The number of carbonyl (C=O) groups is 1. The van der Waals surface area contributed by atoms with Crippen LogP contribution in [0.15, 0.2) is 54.7 Å². The van der Waals surface area contributed by atoms with Crippen molar-refractivity contribution in [3.63, 3.8) is 0 Å². The van der Waals surface area contributed by atoms with E-state index in [9.17, 15) is 9.18 Å². The fourth-order valence-electron chi connectivity index (χ4n) is 3.63. The molecule has 2 N–H and O–H groups in total. The van der Waals surface area contributed by atoms with E-state index >= 15 is 0 Å². The monoisotopic (exact) mass is 443 g/mol. The zero-order valence-electron chi connectivity index (χ0n) is 17.1. The predicted octanol–water partition coefficient (Wildman–Crippen LogP) is 0.0934. The van der Waals surface area contributed by atoms with E-state index in [4.69, 9.17) is 10.5 Å². The van der Waals surface area contributed by atoms with E-state index in [2.05, 4.69) is 10.00 Å². The Bertz CT molecular complexity index is 999. The van der Waals surface area contributed by atoms with Crippen molar-refractivity contribution in [2.75, 3.05) is 38.6 Å². The van der Waals surface area contributed by atoms with Crippen LogP contribution in [0.25, 0.3) is 5.69 Å². The van der Waals surface area contributed by atoms with Crippen LogP contribution in [0.1, 0.15) is 27.9 Å². The number of ether oxygens (including phenoxy) is 1. The minimum Gasteiger partial charge on any atom is -1.00 e. The highest BCUT2D eigenvalue weighted by atomic mass is 35.5. The molecule has 0 bridgehead atoms. The maximum Gasteiger partial charge on any atom is 0.198 e. The lowest BCUT2D eigenvalue weighted by atomic mass is 10.0. The highest BCUT2D eigenvalue weighted by molar-refractivity contribution is 6.11. The molecule has 2 heterocycles. The molecule has 1 aromatic heterocycles. The number of nitrogen functional groups attached to an aromatic ring is 1. The van der Waals surface area contributed by atoms with E-state index in [0.717, 1.165) is 45.7 Å². The van der Waals surface area contributed by atoms with Gasteiger partial charge in [0, 0.05) is 18.7 Å². The number of halogens is 2. The number of ketones is 1. The van der Waals surface area contributed by atoms with Gasteiger partial charge in [-0.1, -0.05) is 24.3 Å². The van der Waals surface area contributed by atoms with Crippen molar-refractivity contribution < 1.29 is 26.3 Å². The van der Waals surface area contributed by atoms with Gasteiger partial charge in [0.25, 0.3) is 0 Å². The molecule has 0 atom stereocenters. The number of hydrogen-bond donors (Lipinski definition) is 1. The summed E-state index contributed by atoms with van der Waals surface area (Å²) < 4.78 is 20.0. The first-order valence-electron chi connectivity index (χ1n) is 10.1. The van der Waals surface area contributed by atoms with Crippen LogP contribution < -0.4 is 18.1 Å². The van der Waals surface area contributed by atoms with Crippen molar-refractivity contribution in [1.82, 2.24) is 14.7 Å². The van der Waals surface area contributed by atoms with Gasteiger partial charge in [-0.3, -0.25) is 9.69 Å². The summed E-state index contributed by atoms with van der Waals surface area (Å²) in [5.41, 5.74) is 8.85. The van der Waals surface area contributed by atoms with E-state index in [-0.39, 0.29) is 29.8 Å². The third kappa shape index (κ3) is 5.50. The Kier molecular flexibility index (Phi) is 7.79. The van der Waals surface area contributed by atoms with Gasteiger partial charge in [-0.05, 0) is 49.2 Å². The SMILES string of the molecule is Nc1c(C(=O)c2ccc(CCCN3CCOCC3)cc2)cnn1-c1ccc(F)cc1.[Cl-]. The van der Waals surface area contributed by atoms with Crippen LogP contribution in [0.4, 0.5) is 10.2 Å². The van der Waals surface area contributed by atoms with Crippen molar-refractivity contribution in [3.8, 4) is 5.69 Å². The molecule has 31 heavy (non-hydrogen) atoms. The Morgan fingerprint density at radius 1 is 1.06 bits per heavy atom. The lowest BCUT2D eigenvalue weighted by Gasteiger charge is -2.26. The molecule has 0 amide bonds. The normalized spacial score (nSPS) is 14.2. The van der Waals surface area contributed by atoms with Gasteiger partial charge >= 0.3 is 0 Å². The van der Waals surface area contributed by atoms with Gasteiger partial charge in [0.15, 0.2) is 5.78 Å². The predicted molar refractivity (Wildman–Crippen MR) is 113 cm³/mol. The van der Waals surface area contributed by atoms with Crippen molar-refractivity contribution in [2.45, 2.75) is 12.8 Å². The van der Waals surface area contributed by atoms with Gasteiger partial charge in [-0.25, -0.2) is 9.07 Å². The number of nitrogens with two attached hydrogens (primary N) is 1. The molecule has 0 aliphatic carbocycles. The second-order valence-electron chi connectivity index (χ2n) is 7.42. The van der Waals surface area contributed by atoms with Gasteiger partial charge in [0.05, 0.1) is 30.7 Å². The van der Waals surface area contributed by atoms with Crippen molar-refractivity contribution in [1.29, 1.82) is 0 Å². The summed E-state index contributed by atoms with van der Waals surface area (Å²) in [4.78, 5) is 15.3. The largest absolute Gasteiger partial charge is 1.00 e. The fourth-order valence-corrected chi connectivity index (χ4v) is 3.63. The average molecular weight is 444 g/mol. The van der Waals surface area contributed by atoms with Crippen LogP contribution in [0.2, 0.25) is 0 Å². The zero-order chi connectivity index (χ0) is 20.9. The summed E-state index contributed by atoms with van der Waals surface area (Å²) in [6, 6.07) is 13.4. The molecule has 4 rings (SSSR count). The van der Waals surface area contributed by atoms with Crippen LogP contribution in [-0.4, -0.2) is 53.3 Å². The average Bonchev–Trinajstić information content (AvgIpc) is 3.16. The molecule has 0 spiro atoms. The van der Waals surface area contributed by atoms with E-state index in [1.807, 2.05) is 24.3 Å². The van der Waals surface area contributed by atoms with Gasteiger partial charge < -0.3 is 22.9 Å². The quantitative estimate of drug-likeness (QED) is 0.524. The van der Waals surface area contributed by atoms with Gasteiger partial charge in [-0.15, -0.1) is 0 Å². The van der Waals surface area contributed by atoms with Crippen molar-refractivity contribution >= 4 is 11.6 Å². The van der Waals surface area contributed by atoms with Crippen LogP contribution in [0, 0.1) is 5.82 Å². The third-order valence-corrected chi connectivity index (χ3v) is 5.38. The minimum atomic E-state index is -0.342. The third-order valence-electron chi connectivity index (χ3n) is 5.38. The van der Waals surface area contributed by atoms with Crippen LogP contribution >= 0.6 is 0 Å². The number of benzene rings is 2. The molecule has 0 unspecified atom stereocenters. The molecule has 0 radical (unpaired) electrons. The number of aryl methyl sites for hydroxylation is 1. The molecule has 8 heteroatoms. The number of nitrogens with zero attached hydrogens (tertiary/aromatic N) is 3. The Balaban J connectivity index is 0.00000272. The summed E-state index contributed by atoms with van der Waals surface area (Å²) in [6.07, 6.45) is 3.50. The highest BCUT2D eigenvalue weighted by Gasteiger charge is 2.18. The Hall–Kier alpha value is -2.74. The molecule has 1 saturated heterocycles. The van der Waals surface area contributed by atoms with Crippen LogP contribution in [0.5, 0.6) is 0 Å². The fraction of sp³-hybridized carbons (Fsp3) is 0.304. The molecule has 164 valence electrons. The summed E-state index contributed by atoms with van der Waals surface area (Å²) in [5, 5.41) is 4.20. The minimum absolute atomic E-state index is 0. The van der Waals surface area contributed by atoms with E-state index in [0.29, 0.717) is 16.8 Å². The summed E-state index contributed by atoms with van der Waals surface area (Å²) in [6.45, 7) is 4.69. The summed E-state index contributed by atoms with van der Waals surface area (Å²) in [7, 11) is 0. The molecule has 3 aromatic rings. The van der Waals surface area contributed by atoms with Crippen molar-refractivity contribution in [2.24, 2.45) is 0 Å². The molecule has 0 saturated carbocycles. The van der Waals surface area contributed by atoms with Gasteiger partial charge in [0.1, 0.15) is 11.6 Å². The second-order valence-corrected chi connectivity index (χ2v) is 7.42. The summed E-state index contributed by atoms with van der Waals surface area (Å²) in [5.74, 6) is -0.285. The zero-order valence-corrected chi connectivity index (χ0v) is 17.9. The number of rotatable bonds is 7. The van der Waals surface area contributed by atoms with Crippen LogP contribution in [0.3, 0.4) is 0 Å². The number of morpholine rings is 1. The smallest absolute Gasteiger partial charge is 0.198 e. The number of anilines is 1.